The van der Waals surface area contributed by atoms with Crippen LogP contribution in [-0.2, 0) is 24.3 Å². The second-order valence-corrected chi connectivity index (χ2v) is 9.49. The number of amides is 1. The maximum atomic E-state index is 12.7. The Bertz CT molecular complexity index is 783. The number of hydrogen-bond donors (Lipinski definition) is 1. The highest BCUT2D eigenvalue weighted by Gasteiger charge is 2.25. The Morgan fingerprint density at radius 2 is 1.78 bits per heavy atom. The third-order valence-corrected chi connectivity index (χ3v) is 6.11. The second-order valence-electron chi connectivity index (χ2n) is 7.18. The van der Waals surface area contributed by atoms with Crippen molar-refractivity contribution in [2.24, 2.45) is 5.41 Å². The Morgan fingerprint density at radius 3 is 2.30 bits per heavy atom. The third kappa shape index (κ3) is 7.12. The first kappa shape index (κ1) is 23.4. The van der Waals surface area contributed by atoms with Gasteiger partial charge < -0.3 is 10.1 Å². The van der Waals surface area contributed by atoms with Gasteiger partial charge in [-0.3, -0.25) is 9.59 Å². The van der Waals surface area contributed by atoms with E-state index in [0.29, 0.717) is 13.1 Å². The van der Waals surface area contributed by atoms with Crippen molar-refractivity contribution in [3.63, 3.8) is 0 Å². The number of nitrogens with one attached hydrogen (secondary N) is 1. The fourth-order valence-corrected chi connectivity index (χ4v) is 4.27. The molecule has 1 aromatic carbocycles. The molecule has 27 heavy (non-hydrogen) atoms. The standard InChI is InChI=1S/C18H27ClN2O5S/c1-6-21(7-2)27(24,25)15-10-13(8-9-14(15)19)20-16(22)12-26-17(23)11-18(3,4)5/h8-10H,6-7,11-12H2,1-5H3,(H,20,22). The van der Waals surface area contributed by atoms with E-state index in [1.165, 1.54) is 22.5 Å². The molecule has 152 valence electrons. The van der Waals surface area contributed by atoms with Gasteiger partial charge in [-0.05, 0) is 23.6 Å². The highest BCUT2D eigenvalue weighted by atomic mass is 35.5. The average Bonchev–Trinajstić information content (AvgIpc) is 2.54. The number of esters is 1. The van der Waals surface area contributed by atoms with Gasteiger partial charge in [0.1, 0.15) is 4.90 Å². The zero-order chi connectivity index (χ0) is 20.8. The highest BCUT2D eigenvalue weighted by Crippen LogP contribution is 2.27. The topological polar surface area (TPSA) is 92.8 Å². The van der Waals surface area contributed by atoms with E-state index >= 15 is 0 Å². The molecule has 1 aromatic rings. The number of ether oxygens (including phenoxy) is 1. The second kappa shape index (κ2) is 9.52. The van der Waals surface area contributed by atoms with Gasteiger partial charge in [0.05, 0.1) is 11.4 Å². The number of benzene rings is 1. The molecular weight excluding hydrogens is 392 g/mol. The van der Waals surface area contributed by atoms with Crippen LogP contribution in [0, 0.1) is 5.41 Å². The van der Waals surface area contributed by atoms with Crippen LogP contribution in [0.4, 0.5) is 5.69 Å². The summed E-state index contributed by atoms with van der Waals surface area (Å²) in [6, 6.07) is 4.18. The van der Waals surface area contributed by atoms with Gasteiger partial charge in [0, 0.05) is 18.8 Å². The molecule has 7 nitrogen and oxygen atoms in total. The fourth-order valence-electron chi connectivity index (χ4n) is 2.31. The Balaban J connectivity index is 2.86. The molecule has 0 atom stereocenters. The summed E-state index contributed by atoms with van der Waals surface area (Å²) in [5, 5.41) is 2.58. The number of anilines is 1. The summed E-state index contributed by atoms with van der Waals surface area (Å²) >= 11 is 6.05. The van der Waals surface area contributed by atoms with Gasteiger partial charge in [-0.1, -0.05) is 46.2 Å². The number of rotatable bonds is 8. The van der Waals surface area contributed by atoms with E-state index in [1.807, 2.05) is 20.8 Å². The van der Waals surface area contributed by atoms with Crippen LogP contribution in [0.5, 0.6) is 0 Å². The van der Waals surface area contributed by atoms with Crippen molar-refractivity contribution in [3.05, 3.63) is 23.2 Å². The fraction of sp³-hybridized carbons (Fsp3) is 0.556. The average molecular weight is 419 g/mol. The number of hydrogen-bond acceptors (Lipinski definition) is 5. The van der Waals surface area contributed by atoms with E-state index in [2.05, 4.69) is 5.32 Å². The first-order valence-electron chi connectivity index (χ1n) is 8.66. The molecule has 0 saturated carbocycles. The zero-order valence-corrected chi connectivity index (χ0v) is 17.9. The molecule has 0 aliphatic heterocycles. The van der Waals surface area contributed by atoms with Crippen LogP contribution in [0.2, 0.25) is 5.02 Å². The molecule has 0 unspecified atom stereocenters. The summed E-state index contributed by atoms with van der Waals surface area (Å²) in [6.07, 6.45) is 0.188. The SMILES string of the molecule is CCN(CC)S(=O)(=O)c1cc(NC(=O)COC(=O)CC(C)(C)C)ccc1Cl. The van der Waals surface area contributed by atoms with Crippen LogP contribution >= 0.6 is 11.6 Å². The Kier molecular flexibility index (Phi) is 8.25. The molecule has 0 fully saturated rings. The smallest absolute Gasteiger partial charge is 0.306 e. The first-order chi connectivity index (χ1) is 12.4. The van der Waals surface area contributed by atoms with Gasteiger partial charge in [0.2, 0.25) is 10.0 Å². The predicted octanol–water partition coefficient (Wildman–Crippen LogP) is 3.29. The minimum Gasteiger partial charge on any atom is -0.456 e. The summed E-state index contributed by atoms with van der Waals surface area (Å²) < 4.78 is 31.5. The van der Waals surface area contributed by atoms with Gasteiger partial charge in [-0.2, -0.15) is 4.31 Å². The van der Waals surface area contributed by atoms with Gasteiger partial charge in [0.15, 0.2) is 6.61 Å². The number of nitrogens with zero attached hydrogens (tertiary/aromatic N) is 1. The predicted molar refractivity (Wildman–Crippen MR) is 105 cm³/mol. The molecule has 1 N–H and O–H groups in total. The van der Waals surface area contributed by atoms with E-state index in [0.717, 1.165) is 0 Å². The van der Waals surface area contributed by atoms with Crippen LogP contribution < -0.4 is 5.32 Å². The highest BCUT2D eigenvalue weighted by molar-refractivity contribution is 7.89. The lowest BCUT2D eigenvalue weighted by atomic mass is 9.92. The minimum atomic E-state index is -3.77. The number of sulfonamides is 1. The Labute approximate surface area is 166 Å². The lowest BCUT2D eigenvalue weighted by molar-refractivity contribution is -0.149. The van der Waals surface area contributed by atoms with Crippen LogP contribution in [-0.4, -0.2) is 44.3 Å². The van der Waals surface area contributed by atoms with Gasteiger partial charge in [-0.25, -0.2) is 8.42 Å². The van der Waals surface area contributed by atoms with E-state index in [1.54, 1.807) is 13.8 Å². The molecule has 0 saturated heterocycles. The molecular formula is C18H27ClN2O5S. The van der Waals surface area contributed by atoms with E-state index in [4.69, 9.17) is 16.3 Å². The molecule has 1 amide bonds. The van der Waals surface area contributed by atoms with Crippen LogP contribution in [0.15, 0.2) is 23.1 Å². The van der Waals surface area contributed by atoms with Crippen LogP contribution in [0.25, 0.3) is 0 Å². The Hall–Kier alpha value is -1.64. The van der Waals surface area contributed by atoms with Crippen molar-refractivity contribution < 1.29 is 22.7 Å². The largest absolute Gasteiger partial charge is 0.456 e. The quantitative estimate of drug-likeness (QED) is 0.654. The molecule has 0 aliphatic rings. The van der Waals surface area contributed by atoms with Crippen LogP contribution in [0.1, 0.15) is 41.0 Å². The maximum Gasteiger partial charge on any atom is 0.306 e. The van der Waals surface area contributed by atoms with Crippen molar-refractivity contribution in [3.8, 4) is 0 Å². The summed E-state index contributed by atoms with van der Waals surface area (Å²) in [5.41, 5.74) is 0.0132. The van der Waals surface area contributed by atoms with Crippen molar-refractivity contribution in [1.82, 2.24) is 4.31 Å². The van der Waals surface area contributed by atoms with Crippen molar-refractivity contribution >= 4 is 39.2 Å². The monoisotopic (exact) mass is 418 g/mol. The molecule has 0 radical (unpaired) electrons. The Morgan fingerprint density at radius 1 is 1.19 bits per heavy atom. The van der Waals surface area contributed by atoms with Gasteiger partial charge >= 0.3 is 5.97 Å². The van der Waals surface area contributed by atoms with Gasteiger partial charge in [-0.15, -0.1) is 0 Å². The van der Waals surface area contributed by atoms with Crippen molar-refractivity contribution in [2.75, 3.05) is 25.0 Å². The summed E-state index contributed by atoms with van der Waals surface area (Å²) in [7, 11) is -3.77. The molecule has 0 heterocycles. The number of halogens is 1. The third-order valence-electron chi connectivity index (χ3n) is 3.58. The first-order valence-corrected chi connectivity index (χ1v) is 10.5. The molecule has 0 aliphatic carbocycles. The number of carbonyl (C=O) groups excluding carboxylic acids is 2. The van der Waals surface area contributed by atoms with E-state index < -0.39 is 28.5 Å². The minimum absolute atomic E-state index is 0.0662. The lowest BCUT2D eigenvalue weighted by Crippen LogP contribution is -2.31. The van der Waals surface area contributed by atoms with Crippen molar-refractivity contribution in [1.29, 1.82) is 0 Å². The summed E-state index contributed by atoms with van der Waals surface area (Å²) in [4.78, 5) is 23.6. The zero-order valence-electron chi connectivity index (χ0n) is 16.3. The van der Waals surface area contributed by atoms with Crippen molar-refractivity contribution in [2.45, 2.75) is 45.9 Å². The lowest BCUT2D eigenvalue weighted by Gasteiger charge is -2.20. The summed E-state index contributed by atoms with van der Waals surface area (Å²) in [6.45, 7) is 9.28. The normalized spacial score (nSPS) is 12.1. The molecule has 9 heteroatoms. The molecule has 1 rings (SSSR count). The van der Waals surface area contributed by atoms with E-state index in [-0.39, 0.29) is 27.4 Å². The maximum absolute atomic E-state index is 12.7. The molecule has 0 aromatic heterocycles. The van der Waals surface area contributed by atoms with E-state index in [9.17, 15) is 18.0 Å². The molecule has 0 spiro atoms. The number of carbonyl (C=O) groups is 2. The van der Waals surface area contributed by atoms with Gasteiger partial charge in [0.25, 0.3) is 5.91 Å². The summed E-state index contributed by atoms with van der Waals surface area (Å²) in [5.74, 6) is -1.04. The molecule has 0 bridgehead atoms. The van der Waals surface area contributed by atoms with Crippen LogP contribution in [0.3, 0.4) is 0 Å².